The van der Waals surface area contributed by atoms with Crippen molar-refractivity contribution >= 4 is 0 Å². The summed E-state index contributed by atoms with van der Waals surface area (Å²) in [4.78, 5) is 0. The van der Waals surface area contributed by atoms with Gasteiger partial charge in [0.25, 0.3) is 0 Å². The molecule has 0 saturated carbocycles. The van der Waals surface area contributed by atoms with Gasteiger partial charge in [0.15, 0.2) is 18.9 Å². The summed E-state index contributed by atoms with van der Waals surface area (Å²) in [6.07, 6.45) is -25.1. The average molecular weight is 504 g/mol. The van der Waals surface area contributed by atoms with E-state index in [-0.39, 0.29) is 0 Å². The Hall–Kier alpha value is -0.640. The molecule has 16 heteroatoms. The van der Waals surface area contributed by atoms with Gasteiger partial charge in [0.1, 0.15) is 73.2 Å². The van der Waals surface area contributed by atoms with Crippen molar-refractivity contribution in [1.82, 2.24) is 0 Å². The van der Waals surface area contributed by atoms with E-state index in [0.717, 1.165) is 0 Å². The van der Waals surface area contributed by atoms with E-state index in [0.29, 0.717) is 0 Å². The summed E-state index contributed by atoms with van der Waals surface area (Å²) in [5.74, 6) is 0. The zero-order chi connectivity index (χ0) is 25.3. The highest BCUT2D eigenvalue weighted by Gasteiger charge is 2.53. The lowest BCUT2D eigenvalue weighted by molar-refractivity contribution is -0.377. The lowest BCUT2D eigenvalue weighted by atomic mass is 9.96. The third-order valence-corrected chi connectivity index (χ3v) is 6.09. The smallest absolute Gasteiger partial charge is 0.187 e. The van der Waals surface area contributed by atoms with Gasteiger partial charge < -0.3 is 79.9 Å². The summed E-state index contributed by atoms with van der Waals surface area (Å²) >= 11 is 0. The van der Waals surface area contributed by atoms with E-state index in [1.54, 1.807) is 0 Å². The Morgan fingerprint density at radius 3 is 1.35 bits per heavy atom. The largest absolute Gasteiger partial charge is 0.394 e. The van der Waals surface area contributed by atoms with Crippen LogP contribution in [-0.2, 0) is 23.7 Å². The Kier molecular flexibility index (Phi) is 9.54. The molecule has 16 nitrogen and oxygen atoms in total. The van der Waals surface area contributed by atoms with Gasteiger partial charge in [-0.1, -0.05) is 0 Å². The predicted octanol–water partition coefficient (Wildman–Crippen LogP) is -7.57. The van der Waals surface area contributed by atoms with E-state index < -0.39 is 112 Å². The number of aliphatic hydroxyl groups excluding tert-OH is 11. The lowest BCUT2D eigenvalue weighted by Crippen LogP contribution is -2.66. The van der Waals surface area contributed by atoms with Crippen molar-refractivity contribution in [3.8, 4) is 0 Å². The van der Waals surface area contributed by atoms with E-state index in [1.807, 2.05) is 0 Å². The van der Waals surface area contributed by atoms with Gasteiger partial charge in [-0.05, 0) is 0 Å². The van der Waals surface area contributed by atoms with E-state index >= 15 is 0 Å². The molecule has 0 bridgehead atoms. The minimum Gasteiger partial charge on any atom is -0.394 e. The van der Waals surface area contributed by atoms with Crippen LogP contribution in [0.25, 0.3) is 0 Å². The quantitative estimate of drug-likeness (QED) is 0.154. The zero-order valence-electron chi connectivity index (χ0n) is 17.7. The van der Waals surface area contributed by atoms with Crippen LogP contribution in [0.5, 0.6) is 0 Å². The van der Waals surface area contributed by atoms with E-state index in [2.05, 4.69) is 0 Å². The first-order valence-corrected chi connectivity index (χ1v) is 10.6. The van der Waals surface area contributed by atoms with Crippen LogP contribution in [0.1, 0.15) is 0 Å². The molecule has 0 aromatic heterocycles. The molecule has 11 N–H and O–H groups in total. The Bertz CT molecular complexity index is 635. The Labute approximate surface area is 192 Å². The minimum absolute atomic E-state index is 0.741. The van der Waals surface area contributed by atoms with Crippen molar-refractivity contribution in [3.63, 3.8) is 0 Å². The van der Waals surface area contributed by atoms with Crippen molar-refractivity contribution in [2.24, 2.45) is 0 Å². The van der Waals surface area contributed by atoms with Crippen molar-refractivity contribution in [3.05, 3.63) is 0 Å². The van der Waals surface area contributed by atoms with Crippen molar-refractivity contribution in [2.45, 2.75) is 92.1 Å². The predicted molar refractivity (Wildman–Crippen MR) is 101 cm³/mol. The molecule has 34 heavy (non-hydrogen) atoms. The minimum atomic E-state index is -1.91. The van der Waals surface area contributed by atoms with Gasteiger partial charge in [-0.2, -0.15) is 0 Å². The molecule has 3 aliphatic heterocycles. The van der Waals surface area contributed by atoms with Crippen LogP contribution in [0.15, 0.2) is 0 Å². The first-order chi connectivity index (χ1) is 16.0. The average Bonchev–Trinajstić information content (AvgIpc) is 2.83. The van der Waals surface area contributed by atoms with Crippen LogP contribution >= 0.6 is 0 Å². The molecule has 3 saturated heterocycles. The second-order valence-corrected chi connectivity index (χ2v) is 8.33. The van der Waals surface area contributed by atoms with E-state index in [4.69, 9.17) is 23.7 Å². The van der Waals surface area contributed by atoms with Gasteiger partial charge in [-0.25, -0.2) is 0 Å². The van der Waals surface area contributed by atoms with Gasteiger partial charge in [0, 0.05) is 0 Å². The Balaban J connectivity index is 1.72. The monoisotopic (exact) mass is 504 g/mol. The first-order valence-electron chi connectivity index (χ1n) is 10.6. The molecule has 0 aromatic carbocycles. The molecule has 3 fully saturated rings. The number of aliphatic hydroxyl groups is 11. The Morgan fingerprint density at radius 2 is 0.853 bits per heavy atom. The topological polar surface area (TPSA) is 269 Å². The second-order valence-electron chi connectivity index (χ2n) is 8.33. The van der Waals surface area contributed by atoms with Crippen LogP contribution in [0.2, 0.25) is 0 Å². The van der Waals surface area contributed by atoms with Gasteiger partial charge in [0.05, 0.1) is 19.8 Å². The van der Waals surface area contributed by atoms with Crippen LogP contribution in [0.3, 0.4) is 0 Å². The third kappa shape index (κ3) is 5.37. The maximum atomic E-state index is 10.6. The third-order valence-electron chi connectivity index (χ3n) is 6.09. The van der Waals surface area contributed by atoms with E-state index in [1.165, 1.54) is 0 Å². The molecule has 3 heterocycles. The molecule has 0 amide bonds. The summed E-state index contributed by atoms with van der Waals surface area (Å²) in [6, 6.07) is 0. The van der Waals surface area contributed by atoms with Gasteiger partial charge >= 0.3 is 0 Å². The maximum absolute atomic E-state index is 10.6. The van der Waals surface area contributed by atoms with Crippen LogP contribution in [0.4, 0.5) is 0 Å². The molecular formula is C18H32O16. The van der Waals surface area contributed by atoms with E-state index in [9.17, 15) is 56.2 Å². The number of rotatable bonds is 7. The summed E-state index contributed by atoms with van der Waals surface area (Å²) in [6.45, 7) is -2.32. The molecule has 0 aliphatic carbocycles. The lowest BCUT2D eigenvalue weighted by Gasteiger charge is -2.47. The van der Waals surface area contributed by atoms with Gasteiger partial charge in [-0.3, -0.25) is 0 Å². The molecular weight excluding hydrogens is 472 g/mol. The highest BCUT2D eigenvalue weighted by molar-refractivity contribution is 4.96. The van der Waals surface area contributed by atoms with Gasteiger partial charge in [-0.15, -0.1) is 0 Å². The molecule has 7 unspecified atom stereocenters. The fourth-order valence-corrected chi connectivity index (χ4v) is 4.06. The molecule has 0 radical (unpaired) electrons. The van der Waals surface area contributed by atoms with Crippen LogP contribution < -0.4 is 0 Å². The Morgan fingerprint density at radius 1 is 0.441 bits per heavy atom. The molecule has 0 aromatic rings. The fraction of sp³-hybridized carbons (Fsp3) is 1.00. The fourth-order valence-electron chi connectivity index (χ4n) is 4.06. The number of hydrogen-bond donors (Lipinski definition) is 11. The summed E-state index contributed by atoms with van der Waals surface area (Å²) in [5.41, 5.74) is 0. The number of ether oxygens (including phenoxy) is 5. The zero-order valence-corrected chi connectivity index (χ0v) is 17.7. The number of hydrogen-bond acceptors (Lipinski definition) is 16. The standard InChI is InChI=1S/C18H32O16/c19-1-4-7(22)8(23)12(27)17(31-4)34-15-6(3-21)32-18(13(28)10(15)25)33-14-5(2-20)30-16(29)11(26)9(14)24/h4-29H,1-3H2/t4?,5?,6?,7-,8-,9?,10+,11?,12?,13?,14+,15-,16+,17-,18-/m0/s1. The second kappa shape index (κ2) is 11.6. The van der Waals surface area contributed by atoms with Crippen molar-refractivity contribution < 1.29 is 79.9 Å². The molecule has 200 valence electrons. The summed E-state index contributed by atoms with van der Waals surface area (Å²) < 4.78 is 26.4. The molecule has 3 rings (SSSR count). The van der Waals surface area contributed by atoms with Gasteiger partial charge in [0.2, 0.25) is 0 Å². The van der Waals surface area contributed by atoms with Crippen molar-refractivity contribution in [1.29, 1.82) is 0 Å². The first kappa shape index (κ1) is 27.9. The normalized spacial score (nSPS) is 52.5. The highest BCUT2D eigenvalue weighted by atomic mass is 16.8. The van der Waals surface area contributed by atoms with Crippen LogP contribution in [0, 0.1) is 0 Å². The van der Waals surface area contributed by atoms with Crippen LogP contribution in [-0.4, -0.2) is 168 Å². The summed E-state index contributed by atoms with van der Waals surface area (Å²) in [7, 11) is 0. The SMILES string of the molecule is OCC1O[C@@H](O)C(O)C(O)[C@@H]1O[C@@H]1OC(CO)[C@H](O[C@@H]2OC(CO)[C@H](O)[C@H](O)C2O)[C@H](O)C1O. The maximum Gasteiger partial charge on any atom is 0.187 e. The molecule has 15 atom stereocenters. The van der Waals surface area contributed by atoms with Crippen molar-refractivity contribution in [2.75, 3.05) is 19.8 Å². The highest BCUT2D eigenvalue weighted by Crippen LogP contribution is 2.32. The molecule has 0 spiro atoms. The molecule has 3 aliphatic rings. The summed E-state index contributed by atoms with van der Waals surface area (Å²) in [5, 5.41) is 109.